The molecular formula is C16H20N2O2. The van der Waals surface area contributed by atoms with E-state index in [0.29, 0.717) is 12.4 Å². The summed E-state index contributed by atoms with van der Waals surface area (Å²) in [4.78, 5) is 4.08. The Morgan fingerprint density at radius 1 is 1.25 bits per heavy atom. The molecule has 1 aromatic carbocycles. The Kier molecular flexibility index (Phi) is 4.96. The van der Waals surface area contributed by atoms with E-state index in [0.717, 1.165) is 23.3 Å². The molecule has 0 amide bonds. The molecule has 2 N–H and O–H groups in total. The van der Waals surface area contributed by atoms with E-state index in [-0.39, 0.29) is 6.04 Å². The Morgan fingerprint density at radius 2 is 2.10 bits per heavy atom. The molecule has 0 unspecified atom stereocenters. The molecule has 0 spiro atoms. The lowest BCUT2D eigenvalue weighted by atomic mass is 10.1. The predicted molar refractivity (Wildman–Crippen MR) is 79.0 cm³/mol. The molecule has 1 atom stereocenters. The number of aromatic nitrogens is 1. The Hall–Kier alpha value is -2.07. The molecule has 0 aliphatic heterocycles. The van der Waals surface area contributed by atoms with Crippen molar-refractivity contribution in [3.63, 3.8) is 0 Å². The standard InChI is InChI=1S/C16H20N2O2/c1-12(17)14-5-6-15(16(10-14)19-2)20-9-7-13-4-3-8-18-11-13/h3-6,8,10-12H,7,9,17H2,1-2H3/t12-/m0/s1. The number of ether oxygens (including phenoxy) is 2. The predicted octanol–water partition coefficient (Wildman–Crippen LogP) is 2.73. The van der Waals surface area contributed by atoms with Gasteiger partial charge in [0.25, 0.3) is 0 Å². The van der Waals surface area contributed by atoms with Gasteiger partial charge in [0.15, 0.2) is 11.5 Å². The molecule has 4 nitrogen and oxygen atoms in total. The number of benzene rings is 1. The second kappa shape index (κ2) is 6.91. The highest BCUT2D eigenvalue weighted by molar-refractivity contribution is 5.43. The number of hydrogen-bond donors (Lipinski definition) is 1. The third kappa shape index (κ3) is 3.71. The second-order valence-electron chi connectivity index (χ2n) is 4.66. The molecule has 0 radical (unpaired) electrons. The summed E-state index contributed by atoms with van der Waals surface area (Å²) in [6.45, 7) is 2.53. The SMILES string of the molecule is COc1cc([C@H](C)N)ccc1OCCc1cccnc1. The van der Waals surface area contributed by atoms with Crippen molar-refractivity contribution in [3.8, 4) is 11.5 Å². The van der Waals surface area contributed by atoms with Crippen molar-refractivity contribution in [2.24, 2.45) is 5.73 Å². The smallest absolute Gasteiger partial charge is 0.161 e. The summed E-state index contributed by atoms with van der Waals surface area (Å²) in [5, 5.41) is 0. The van der Waals surface area contributed by atoms with Gasteiger partial charge >= 0.3 is 0 Å². The Labute approximate surface area is 119 Å². The van der Waals surface area contributed by atoms with Crippen molar-refractivity contribution in [2.75, 3.05) is 13.7 Å². The van der Waals surface area contributed by atoms with Crippen LogP contribution in [0.4, 0.5) is 0 Å². The summed E-state index contributed by atoms with van der Waals surface area (Å²) in [6, 6.07) is 9.73. The lowest BCUT2D eigenvalue weighted by Gasteiger charge is -2.13. The molecule has 106 valence electrons. The summed E-state index contributed by atoms with van der Waals surface area (Å²) < 4.78 is 11.1. The third-order valence-corrected chi connectivity index (χ3v) is 3.08. The molecule has 1 aromatic heterocycles. The van der Waals surface area contributed by atoms with Gasteiger partial charge in [-0.1, -0.05) is 12.1 Å². The zero-order valence-corrected chi connectivity index (χ0v) is 11.9. The molecule has 0 bridgehead atoms. The molecule has 1 heterocycles. The number of rotatable bonds is 6. The summed E-state index contributed by atoms with van der Waals surface area (Å²) in [6.07, 6.45) is 4.42. The molecule has 0 saturated heterocycles. The maximum Gasteiger partial charge on any atom is 0.161 e. The monoisotopic (exact) mass is 272 g/mol. The summed E-state index contributed by atoms with van der Waals surface area (Å²) in [5.74, 6) is 1.45. The highest BCUT2D eigenvalue weighted by Gasteiger charge is 2.08. The van der Waals surface area contributed by atoms with E-state index < -0.39 is 0 Å². The fourth-order valence-electron chi connectivity index (χ4n) is 1.91. The first-order chi connectivity index (χ1) is 9.70. The van der Waals surface area contributed by atoms with Crippen molar-refractivity contribution in [2.45, 2.75) is 19.4 Å². The van der Waals surface area contributed by atoms with E-state index in [1.54, 1.807) is 13.3 Å². The van der Waals surface area contributed by atoms with Gasteiger partial charge in [0.2, 0.25) is 0 Å². The molecule has 2 rings (SSSR count). The minimum absolute atomic E-state index is 0.0201. The Morgan fingerprint density at radius 3 is 2.75 bits per heavy atom. The molecule has 2 aromatic rings. The highest BCUT2D eigenvalue weighted by Crippen LogP contribution is 2.29. The molecule has 0 fully saturated rings. The van der Waals surface area contributed by atoms with Gasteiger partial charge in [-0.2, -0.15) is 0 Å². The minimum Gasteiger partial charge on any atom is -0.493 e. The number of nitrogens with two attached hydrogens (primary N) is 1. The van der Waals surface area contributed by atoms with Gasteiger partial charge in [0.1, 0.15) is 0 Å². The van der Waals surface area contributed by atoms with Crippen LogP contribution in [0.1, 0.15) is 24.1 Å². The van der Waals surface area contributed by atoms with Crippen LogP contribution < -0.4 is 15.2 Å². The van der Waals surface area contributed by atoms with Crippen LogP contribution in [0.25, 0.3) is 0 Å². The first kappa shape index (κ1) is 14.3. The molecule has 20 heavy (non-hydrogen) atoms. The van der Waals surface area contributed by atoms with Gasteiger partial charge < -0.3 is 15.2 Å². The van der Waals surface area contributed by atoms with Gasteiger partial charge in [-0.3, -0.25) is 4.98 Å². The van der Waals surface area contributed by atoms with E-state index in [2.05, 4.69) is 4.98 Å². The van der Waals surface area contributed by atoms with Crippen molar-refractivity contribution < 1.29 is 9.47 Å². The molecular weight excluding hydrogens is 252 g/mol. The second-order valence-corrected chi connectivity index (χ2v) is 4.66. The van der Waals surface area contributed by atoms with Crippen molar-refractivity contribution in [1.82, 2.24) is 4.98 Å². The zero-order valence-electron chi connectivity index (χ0n) is 11.9. The van der Waals surface area contributed by atoms with E-state index in [4.69, 9.17) is 15.2 Å². The highest BCUT2D eigenvalue weighted by atomic mass is 16.5. The van der Waals surface area contributed by atoms with Gasteiger partial charge in [-0.15, -0.1) is 0 Å². The first-order valence-electron chi connectivity index (χ1n) is 6.66. The van der Waals surface area contributed by atoms with E-state index in [1.807, 2.05) is 43.5 Å². The van der Waals surface area contributed by atoms with Gasteiger partial charge in [0, 0.05) is 24.9 Å². The van der Waals surface area contributed by atoms with Gasteiger partial charge in [-0.05, 0) is 36.2 Å². The molecule has 4 heteroatoms. The molecule has 0 aliphatic rings. The van der Waals surface area contributed by atoms with Crippen LogP contribution in [0.2, 0.25) is 0 Å². The summed E-state index contributed by atoms with van der Waals surface area (Å²) in [7, 11) is 1.63. The van der Waals surface area contributed by atoms with Crippen LogP contribution in [0.15, 0.2) is 42.7 Å². The van der Waals surface area contributed by atoms with E-state index in [9.17, 15) is 0 Å². The van der Waals surface area contributed by atoms with Gasteiger partial charge in [-0.25, -0.2) is 0 Å². The van der Waals surface area contributed by atoms with Crippen molar-refractivity contribution in [3.05, 3.63) is 53.9 Å². The van der Waals surface area contributed by atoms with E-state index >= 15 is 0 Å². The van der Waals surface area contributed by atoms with Crippen LogP contribution in [-0.4, -0.2) is 18.7 Å². The normalized spacial score (nSPS) is 11.9. The van der Waals surface area contributed by atoms with Crippen molar-refractivity contribution >= 4 is 0 Å². The van der Waals surface area contributed by atoms with Crippen LogP contribution in [-0.2, 0) is 6.42 Å². The van der Waals surface area contributed by atoms with Gasteiger partial charge in [0.05, 0.1) is 13.7 Å². The lowest BCUT2D eigenvalue weighted by molar-refractivity contribution is 0.297. The summed E-state index contributed by atoms with van der Waals surface area (Å²) >= 11 is 0. The number of hydrogen-bond acceptors (Lipinski definition) is 4. The number of nitrogens with zero attached hydrogens (tertiary/aromatic N) is 1. The van der Waals surface area contributed by atoms with E-state index in [1.165, 1.54) is 0 Å². The average Bonchev–Trinajstić information content (AvgIpc) is 2.48. The first-order valence-corrected chi connectivity index (χ1v) is 6.66. The van der Waals surface area contributed by atoms with Crippen molar-refractivity contribution in [1.29, 1.82) is 0 Å². The Bertz CT molecular complexity index is 541. The largest absolute Gasteiger partial charge is 0.493 e. The Balaban J connectivity index is 1.99. The minimum atomic E-state index is -0.0201. The molecule has 0 saturated carbocycles. The maximum absolute atomic E-state index is 5.86. The van der Waals surface area contributed by atoms with Crippen LogP contribution in [0.3, 0.4) is 0 Å². The maximum atomic E-state index is 5.86. The fraction of sp³-hybridized carbons (Fsp3) is 0.312. The summed E-state index contributed by atoms with van der Waals surface area (Å²) in [5.41, 5.74) is 8.04. The number of pyridine rings is 1. The van der Waals surface area contributed by atoms with Crippen LogP contribution in [0.5, 0.6) is 11.5 Å². The van der Waals surface area contributed by atoms with Crippen LogP contribution >= 0.6 is 0 Å². The molecule has 0 aliphatic carbocycles. The van der Waals surface area contributed by atoms with Crippen LogP contribution in [0, 0.1) is 0 Å². The fourth-order valence-corrected chi connectivity index (χ4v) is 1.91. The third-order valence-electron chi connectivity index (χ3n) is 3.08. The zero-order chi connectivity index (χ0) is 14.4. The quantitative estimate of drug-likeness (QED) is 0.878. The number of methoxy groups -OCH3 is 1. The topological polar surface area (TPSA) is 57.4 Å². The average molecular weight is 272 g/mol. The lowest BCUT2D eigenvalue weighted by Crippen LogP contribution is -2.06.